The van der Waals surface area contributed by atoms with Gasteiger partial charge in [0.15, 0.2) is 0 Å². The van der Waals surface area contributed by atoms with Crippen LogP contribution in [-0.4, -0.2) is 35.2 Å². The van der Waals surface area contributed by atoms with Crippen LogP contribution >= 0.6 is 0 Å². The zero-order chi connectivity index (χ0) is 36.5. The lowest BCUT2D eigenvalue weighted by Crippen LogP contribution is -2.67. The number of carbonyl (C=O) groups is 3. The Hall–Kier alpha value is -3.15. The molecule has 9 atom stereocenters. The van der Waals surface area contributed by atoms with Crippen molar-refractivity contribution in [3.05, 3.63) is 65.3 Å². The van der Waals surface area contributed by atoms with Crippen molar-refractivity contribution < 1.29 is 29.0 Å². The maximum Gasteiger partial charge on any atom is 0.333 e. The Labute approximate surface area is 300 Å². The lowest BCUT2D eigenvalue weighted by molar-refractivity contribution is -0.219. The normalized spacial score (nSPS) is 40.3. The Morgan fingerprint density at radius 1 is 0.840 bits per heavy atom. The van der Waals surface area contributed by atoms with E-state index in [1.165, 1.54) is 5.57 Å². The lowest BCUT2D eigenvalue weighted by Gasteiger charge is -2.71. The van der Waals surface area contributed by atoms with Crippen molar-refractivity contribution >= 4 is 24.0 Å². The quantitative estimate of drug-likeness (QED) is 0.182. The van der Waals surface area contributed by atoms with Gasteiger partial charge < -0.3 is 14.6 Å². The number of aliphatic carboxylic acids is 1. The molecule has 4 fully saturated rings. The highest BCUT2D eigenvalue weighted by atomic mass is 16.5. The Bertz CT molecular complexity index is 1620. The summed E-state index contributed by atoms with van der Waals surface area (Å²) in [5, 5.41) is 11.1. The fourth-order valence-electron chi connectivity index (χ4n) is 12.4. The van der Waals surface area contributed by atoms with E-state index in [1.807, 2.05) is 43.3 Å². The number of fused-ring (bicyclic) bond motifs is 7. The van der Waals surface area contributed by atoms with E-state index in [4.69, 9.17) is 9.47 Å². The zero-order valence-corrected chi connectivity index (χ0v) is 31.9. The van der Waals surface area contributed by atoms with Crippen LogP contribution < -0.4 is 0 Å². The molecule has 1 N–H and O–H groups in total. The van der Waals surface area contributed by atoms with E-state index in [9.17, 15) is 19.5 Å². The van der Waals surface area contributed by atoms with Crippen molar-refractivity contribution in [2.75, 3.05) is 0 Å². The molecule has 0 spiro atoms. The second-order valence-corrected chi connectivity index (χ2v) is 18.7. The highest BCUT2D eigenvalue weighted by Gasteiger charge is 2.71. The largest absolute Gasteiger partial charge is 0.481 e. The summed E-state index contributed by atoms with van der Waals surface area (Å²) >= 11 is 0. The Morgan fingerprint density at radius 2 is 1.54 bits per heavy atom. The molecule has 3 unspecified atom stereocenters. The predicted molar refractivity (Wildman–Crippen MR) is 197 cm³/mol. The minimum atomic E-state index is -1.13. The third kappa shape index (κ3) is 5.53. The van der Waals surface area contributed by atoms with Crippen LogP contribution in [-0.2, 0) is 23.9 Å². The molecule has 0 aromatic heterocycles. The van der Waals surface area contributed by atoms with Crippen molar-refractivity contribution in [1.29, 1.82) is 0 Å². The average Bonchev–Trinajstić information content (AvgIpc) is 3.05. The van der Waals surface area contributed by atoms with Gasteiger partial charge in [-0.3, -0.25) is 4.79 Å². The van der Waals surface area contributed by atoms with Crippen molar-refractivity contribution in [2.24, 2.45) is 50.2 Å². The highest BCUT2D eigenvalue weighted by molar-refractivity contribution is 5.88. The molecule has 6 rings (SSSR count). The molecule has 0 aliphatic heterocycles. The molecule has 1 aromatic rings. The standard InChI is InChI=1S/C44H60O6/c1-10-28(2)37(46)50-35-27-39(3,4)26-31-30-17-18-33-41(7)22-21-34(49-36(45)19-16-29-14-12-11-13-15-29)40(5,6)32(41)20-23-43(33,9)42(30,8)24-25-44(31,35)38(47)48/h10-17,19,31-35H,18,20-27H2,1-9H3,(H,47,48)/b19-16+,28-10-/t31?,32?,33?,34-,35+,41-,42+,43+,44-/m0/s1. The van der Waals surface area contributed by atoms with E-state index in [2.05, 4.69) is 54.5 Å². The summed E-state index contributed by atoms with van der Waals surface area (Å²) in [6.45, 7) is 20.0. The summed E-state index contributed by atoms with van der Waals surface area (Å²) in [4.78, 5) is 39.8. The molecule has 1 aromatic carbocycles. The monoisotopic (exact) mass is 684 g/mol. The number of carboxylic acid groups (broad SMARTS) is 1. The van der Waals surface area contributed by atoms with E-state index in [0.717, 1.165) is 50.5 Å². The first-order valence-electron chi connectivity index (χ1n) is 19.1. The molecular weight excluding hydrogens is 624 g/mol. The van der Waals surface area contributed by atoms with E-state index in [1.54, 1.807) is 19.1 Å². The SMILES string of the molecule is C/C=C(/C)C(=O)O[C@@H]1CC(C)(C)CC2C3=CCC4[C@@]5(C)CC[C@H](OC(=O)/C=C/c6ccccc6)C(C)(C)C5CC[C@@]4(C)[C@]3(C)CC[C@]21C(=O)O. The number of allylic oxidation sites excluding steroid dienone is 3. The molecule has 5 aliphatic rings. The van der Waals surface area contributed by atoms with Gasteiger partial charge in [0, 0.05) is 23.0 Å². The molecule has 0 radical (unpaired) electrons. The van der Waals surface area contributed by atoms with Crippen LogP contribution in [0.15, 0.2) is 59.7 Å². The smallest absolute Gasteiger partial charge is 0.333 e. The molecule has 5 aliphatic carbocycles. The fourth-order valence-corrected chi connectivity index (χ4v) is 12.4. The van der Waals surface area contributed by atoms with Crippen molar-refractivity contribution in [3.63, 3.8) is 0 Å². The van der Waals surface area contributed by atoms with Gasteiger partial charge in [0.1, 0.15) is 17.6 Å². The first kappa shape index (κ1) is 36.6. The molecule has 0 bridgehead atoms. The molecule has 6 heteroatoms. The van der Waals surface area contributed by atoms with Crippen LogP contribution in [0.4, 0.5) is 0 Å². The third-order valence-electron chi connectivity index (χ3n) is 15.4. The Morgan fingerprint density at radius 3 is 2.20 bits per heavy atom. The maximum atomic E-state index is 13.6. The number of carbonyl (C=O) groups excluding carboxylic acids is 2. The fraction of sp³-hybridized carbons (Fsp3) is 0.659. The van der Waals surface area contributed by atoms with Crippen molar-refractivity contribution in [1.82, 2.24) is 0 Å². The minimum Gasteiger partial charge on any atom is -0.481 e. The van der Waals surface area contributed by atoms with Gasteiger partial charge in [-0.15, -0.1) is 0 Å². The summed E-state index contributed by atoms with van der Waals surface area (Å²) in [7, 11) is 0. The minimum absolute atomic E-state index is 0.0136. The molecule has 272 valence electrons. The summed E-state index contributed by atoms with van der Waals surface area (Å²) in [6, 6.07) is 9.84. The zero-order valence-electron chi connectivity index (χ0n) is 31.9. The Kier molecular flexibility index (Phi) is 9.17. The first-order chi connectivity index (χ1) is 23.4. The van der Waals surface area contributed by atoms with E-state index in [-0.39, 0.29) is 45.1 Å². The molecule has 50 heavy (non-hydrogen) atoms. The summed E-state index contributed by atoms with van der Waals surface area (Å²) in [5.74, 6) is -0.882. The van der Waals surface area contributed by atoms with Gasteiger partial charge in [-0.05, 0) is 117 Å². The topological polar surface area (TPSA) is 89.9 Å². The number of esters is 2. The van der Waals surface area contributed by atoms with Gasteiger partial charge in [-0.2, -0.15) is 0 Å². The van der Waals surface area contributed by atoms with Crippen LogP contribution in [0.3, 0.4) is 0 Å². The number of hydrogen-bond acceptors (Lipinski definition) is 5. The number of ether oxygens (including phenoxy) is 2. The van der Waals surface area contributed by atoms with E-state index < -0.39 is 23.5 Å². The van der Waals surface area contributed by atoms with Crippen LogP contribution in [0.25, 0.3) is 6.08 Å². The van der Waals surface area contributed by atoms with Crippen molar-refractivity contribution in [3.8, 4) is 0 Å². The second kappa shape index (κ2) is 12.5. The molecule has 0 amide bonds. The molecule has 0 heterocycles. The molecule has 6 nitrogen and oxygen atoms in total. The maximum absolute atomic E-state index is 13.6. The van der Waals surface area contributed by atoms with Crippen LogP contribution in [0.2, 0.25) is 0 Å². The Balaban J connectivity index is 1.30. The number of carboxylic acids is 1. The van der Waals surface area contributed by atoms with Gasteiger partial charge in [0.05, 0.1) is 0 Å². The summed E-state index contributed by atoms with van der Waals surface area (Å²) in [5.41, 5.74) is 1.18. The van der Waals surface area contributed by atoms with Crippen molar-refractivity contribution in [2.45, 2.75) is 132 Å². The second-order valence-electron chi connectivity index (χ2n) is 18.7. The molecule has 0 saturated heterocycles. The number of benzene rings is 1. The van der Waals surface area contributed by atoms with E-state index in [0.29, 0.717) is 30.3 Å². The van der Waals surface area contributed by atoms with E-state index >= 15 is 0 Å². The molecular formula is C44H60O6. The highest BCUT2D eigenvalue weighted by Crippen LogP contribution is 2.76. The van der Waals surface area contributed by atoms with Gasteiger partial charge in [0.25, 0.3) is 0 Å². The van der Waals surface area contributed by atoms with Gasteiger partial charge in [0.2, 0.25) is 0 Å². The molecule has 4 saturated carbocycles. The number of hydrogen-bond donors (Lipinski definition) is 1. The first-order valence-corrected chi connectivity index (χ1v) is 19.1. The van der Waals surface area contributed by atoms with Crippen LogP contribution in [0.5, 0.6) is 0 Å². The number of rotatable bonds is 6. The van der Waals surface area contributed by atoms with Gasteiger partial charge in [-0.25, -0.2) is 9.59 Å². The van der Waals surface area contributed by atoms with Crippen LogP contribution in [0.1, 0.15) is 126 Å². The third-order valence-corrected chi connectivity index (χ3v) is 15.4. The summed E-state index contributed by atoms with van der Waals surface area (Å²) < 4.78 is 12.4. The average molecular weight is 685 g/mol. The van der Waals surface area contributed by atoms with Gasteiger partial charge >= 0.3 is 17.9 Å². The predicted octanol–water partition coefficient (Wildman–Crippen LogP) is 9.99. The van der Waals surface area contributed by atoms with Crippen LogP contribution in [0, 0.1) is 50.2 Å². The van der Waals surface area contributed by atoms with Gasteiger partial charge in [-0.1, -0.05) is 96.5 Å². The summed E-state index contributed by atoms with van der Waals surface area (Å²) in [6.07, 6.45) is 14.2. The lowest BCUT2D eigenvalue weighted by atomic mass is 9.33.